The first kappa shape index (κ1) is 19.5. The third-order valence-corrected chi connectivity index (χ3v) is 4.09. The van der Waals surface area contributed by atoms with Crippen LogP contribution in [0.4, 0.5) is 5.69 Å². The highest BCUT2D eigenvalue weighted by atomic mass is 16.5. The molecule has 0 fully saturated rings. The molecule has 138 valence electrons. The van der Waals surface area contributed by atoms with Gasteiger partial charge in [0.05, 0.1) is 0 Å². The normalized spacial score (nSPS) is 10.3. The summed E-state index contributed by atoms with van der Waals surface area (Å²) in [7, 11) is 3.49. The van der Waals surface area contributed by atoms with E-state index in [4.69, 9.17) is 4.74 Å². The molecule has 5 nitrogen and oxygen atoms in total. The van der Waals surface area contributed by atoms with Gasteiger partial charge in [0.25, 0.3) is 5.91 Å². The van der Waals surface area contributed by atoms with Crippen molar-refractivity contribution in [2.45, 2.75) is 26.7 Å². The van der Waals surface area contributed by atoms with Crippen molar-refractivity contribution in [1.82, 2.24) is 4.90 Å². The van der Waals surface area contributed by atoms with E-state index in [2.05, 4.69) is 5.32 Å². The number of carbonyl (C=O) groups excluding carboxylic acids is 2. The Bertz CT molecular complexity index is 764. The van der Waals surface area contributed by atoms with Gasteiger partial charge in [0.2, 0.25) is 5.91 Å². The van der Waals surface area contributed by atoms with Gasteiger partial charge in [-0.05, 0) is 49.1 Å². The molecule has 0 radical (unpaired) electrons. The summed E-state index contributed by atoms with van der Waals surface area (Å²) in [5.74, 6) is 0.620. The van der Waals surface area contributed by atoms with Crippen molar-refractivity contribution in [3.8, 4) is 5.75 Å². The van der Waals surface area contributed by atoms with Crippen molar-refractivity contribution < 1.29 is 14.3 Å². The number of benzene rings is 2. The minimum atomic E-state index is -0.214. The molecule has 0 aliphatic rings. The van der Waals surface area contributed by atoms with Crippen LogP contribution in [0.25, 0.3) is 0 Å². The van der Waals surface area contributed by atoms with E-state index in [1.54, 1.807) is 19.0 Å². The quantitative estimate of drug-likeness (QED) is 0.830. The van der Waals surface area contributed by atoms with Crippen molar-refractivity contribution in [3.05, 3.63) is 59.2 Å². The largest absolute Gasteiger partial charge is 0.483 e. The van der Waals surface area contributed by atoms with Crippen molar-refractivity contribution in [1.29, 1.82) is 0 Å². The maximum atomic E-state index is 12.2. The van der Waals surface area contributed by atoms with Crippen molar-refractivity contribution >= 4 is 17.5 Å². The van der Waals surface area contributed by atoms with E-state index in [0.29, 0.717) is 18.5 Å². The van der Waals surface area contributed by atoms with E-state index in [0.717, 1.165) is 22.4 Å². The zero-order valence-corrected chi connectivity index (χ0v) is 15.8. The molecule has 1 N–H and O–H groups in total. The van der Waals surface area contributed by atoms with E-state index in [-0.39, 0.29) is 18.4 Å². The molecule has 5 heteroatoms. The highest BCUT2D eigenvalue weighted by Gasteiger charge is 2.09. The van der Waals surface area contributed by atoms with Crippen molar-refractivity contribution in [3.63, 3.8) is 0 Å². The van der Waals surface area contributed by atoms with E-state index in [1.165, 1.54) is 0 Å². The fraction of sp³-hybridized carbons (Fsp3) is 0.333. The Morgan fingerprint density at radius 3 is 2.35 bits per heavy atom. The average molecular weight is 354 g/mol. The topological polar surface area (TPSA) is 58.6 Å². The second kappa shape index (κ2) is 9.04. The van der Waals surface area contributed by atoms with Crippen LogP contribution in [-0.2, 0) is 16.0 Å². The number of hydrogen-bond acceptors (Lipinski definition) is 3. The Morgan fingerprint density at radius 2 is 1.69 bits per heavy atom. The van der Waals surface area contributed by atoms with Crippen LogP contribution in [0, 0.1) is 13.8 Å². The van der Waals surface area contributed by atoms with Gasteiger partial charge in [-0.1, -0.05) is 30.3 Å². The number of nitrogens with one attached hydrogen (secondary N) is 1. The van der Waals surface area contributed by atoms with Crippen LogP contribution < -0.4 is 10.1 Å². The third kappa shape index (κ3) is 5.62. The number of anilines is 1. The molecule has 2 amide bonds. The lowest BCUT2D eigenvalue weighted by Gasteiger charge is -2.13. The fourth-order valence-corrected chi connectivity index (χ4v) is 2.64. The minimum Gasteiger partial charge on any atom is -0.483 e. The molecule has 0 heterocycles. The molecule has 0 atom stereocenters. The second-order valence-electron chi connectivity index (χ2n) is 6.55. The molecule has 0 spiro atoms. The zero-order chi connectivity index (χ0) is 19.1. The Balaban J connectivity index is 1.91. The summed E-state index contributed by atoms with van der Waals surface area (Å²) in [6.45, 7) is 3.87. The van der Waals surface area contributed by atoms with Gasteiger partial charge in [-0.2, -0.15) is 0 Å². The maximum Gasteiger partial charge on any atom is 0.262 e. The summed E-state index contributed by atoms with van der Waals surface area (Å²) in [5, 5.41) is 2.84. The van der Waals surface area contributed by atoms with Crippen LogP contribution in [0.1, 0.15) is 23.1 Å². The molecule has 0 aliphatic carbocycles. The molecule has 2 aromatic rings. The molecule has 0 saturated heterocycles. The maximum absolute atomic E-state index is 12.2. The standard InChI is InChI=1S/C21H26N2O3/c1-15-7-5-8-16(2)21(15)26-14-19(24)22-18-10-6-9-17(13-18)11-12-20(25)23(3)4/h5-10,13H,11-12,14H2,1-4H3,(H,22,24). The SMILES string of the molecule is Cc1cccc(C)c1OCC(=O)Nc1cccc(CCC(=O)N(C)C)c1. The van der Waals surface area contributed by atoms with Crippen LogP contribution >= 0.6 is 0 Å². The summed E-state index contributed by atoms with van der Waals surface area (Å²) < 4.78 is 5.67. The van der Waals surface area contributed by atoms with Crippen LogP contribution in [0.2, 0.25) is 0 Å². The zero-order valence-electron chi connectivity index (χ0n) is 15.8. The van der Waals surface area contributed by atoms with Crippen LogP contribution in [0.15, 0.2) is 42.5 Å². The smallest absolute Gasteiger partial charge is 0.262 e. The molecule has 0 unspecified atom stereocenters. The molecule has 0 aromatic heterocycles. The predicted octanol–water partition coefficient (Wildman–Crippen LogP) is 3.34. The lowest BCUT2D eigenvalue weighted by molar-refractivity contribution is -0.128. The number of nitrogens with zero attached hydrogens (tertiary/aromatic N) is 1. The summed E-state index contributed by atoms with van der Waals surface area (Å²) in [4.78, 5) is 25.5. The summed E-state index contributed by atoms with van der Waals surface area (Å²) >= 11 is 0. The first-order chi connectivity index (χ1) is 12.4. The summed E-state index contributed by atoms with van der Waals surface area (Å²) in [5.41, 5.74) is 3.72. The minimum absolute atomic E-state index is 0.0466. The van der Waals surface area contributed by atoms with Gasteiger partial charge in [-0.25, -0.2) is 0 Å². The van der Waals surface area contributed by atoms with E-state index >= 15 is 0 Å². The van der Waals surface area contributed by atoms with Crippen molar-refractivity contribution in [2.75, 3.05) is 26.0 Å². The molecule has 26 heavy (non-hydrogen) atoms. The van der Waals surface area contributed by atoms with Gasteiger partial charge in [-0.3, -0.25) is 9.59 Å². The number of para-hydroxylation sites is 1. The molecule has 0 bridgehead atoms. The average Bonchev–Trinajstić information content (AvgIpc) is 2.59. The molecular weight excluding hydrogens is 328 g/mol. The molecule has 2 rings (SSSR count). The van der Waals surface area contributed by atoms with Gasteiger partial charge >= 0.3 is 0 Å². The second-order valence-corrected chi connectivity index (χ2v) is 6.55. The van der Waals surface area contributed by atoms with Gasteiger partial charge in [0.15, 0.2) is 6.61 Å². The highest BCUT2D eigenvalue weighted by Crippen LogP contribution is 2.22. The van der Waals surface area contributed by atoms with Gasteiger partial charge < -0.3 is 15.0 Å². The number of ether oxygens (including phenoxy) is 1. The lowest BCUT2D eigenvalue weighted by atomic mass is 10.1. The number of hydrogen-bond donors (Lipinski definition) is 1. The Kier molecular flexibility index (Phi) is 6.78. The first-order valence-corrected chi connectivity index (χ1v) is 8.65. The van der Waals surface area contributed by atoms with Crippen LogP contribution in [0.3, 0.4) is 0 Å². The van der Waals surface area contributed by atoms with E-state index < -0.39 is 0 Å². The summed E-state index contributed by atoms with van der Waals surface area (Å²) in [6, 6.07) is 13.4. The van der Waals surface area contributed by atoms with E-state index in [9.17, 15) is 9.59 Å². The molecule has 2 aromatic carbocycles. The van der Waals surface area contributed by atoms with Crippen LogP contribution in [0.5, 0.6) is 5.75 Å². The summed E-state index contributed by atoms with van der Waals surface area (Å²) in [6.07, 6.45) is 1.08. The number of carbonyl (C=O) groups is 2. The van der Waals surface area contributed by atoms with Gasteiger partial charge in [0, 0.05) is 26.2 Å². The van der Waals surface area contributed by atoms with Crippen LogP contribution in [-0.4, -0.2) is 37.4 Å². The van der Waals surface area contributed by atoms with Crippen molar-refractivity contribution in [2.24, 2.45) is 0 Å². The Morgan fingerprint density at radius 1 is 1.04 bits per heavy atom. The molecule has 0 saturated carbocycles. The third-order valence-electron chi connectivity index (χ3n) is 4.09. The van der Waals surface area contributed by atoms with Gasteiger partial charge in [0.1, 0.15) is 5.75 Å². The predicted molar refractivity (Wildman–Crippen MR) is 103 cm³/mol. The Hall–Kier alpha value is -2.82. The monoisotopic (exact) mass is 354 g/mol. The Labute approximate surface area is 155 Å². The number of aryl methyl sites for hydroxylation is 3. The first-order valence-electron chi connectivity index (χ1n) is 8.65. The molecular formula is C21H26N2O3. The number of amides is 2. The fourth-order valence-electron chi connectivity index (χ4n) is 2.64. The van der Waals surface area contributed by atoms with Gasteiger partial charge in [-0.15, -0.1) is 0 Å². The highest BCUT2D eigenvalue weighted by molar-refractivity contribution is 5.92. The number of rotatable bonds is 7. The molecule has 0 aliphatic heterocycles. The lowest BCUT2D eigenvalue weighted by Crippen LogP contribution is -2.22. The van der Waals surface area contributed by atoms with E-state index in [1.807, 2.05) is 56.3 Å².